The van der Waals surface area contributed by atoms with Gasteiger partial charge in [-0.15, -0.1) is 11.6 Å². The Balaban J connectivity index is 1.63. The molecular weight excluding hydrogens is 260 g/mol. The molecule has 0 N–H and O–H groups in total. The number of halogens is 1. The van der Waals surface area contributed by atoms with Gasteiger partial charge in [-0.05, 0) is 31.6 Å². The number of nitrogens with zero attached hydrogens (tertiary/aromatic N) is 2. The number of hydrogen-bond donors (Lipinski definition) is 0. The Morgan fingerprint density at radius 1 is 1.42 bits per heavy atom. The molecule has 1 saturated heterocycles. The Hall–Kier alpha value is -0.540. The van der Waals surface area contributed by atoms with Crippen LogP contribution in [-0.2, 0) is 11.3 Å². The molecule has 1 atom stereocenters. The van der Waals surface area contributed by atoms with Gasteiger partial charge >= 0.3 is 0 Å². The average Bonchev–Trinajstić information content (AvgIpc) is 2.93. The van der Waals surface area contributed by atoms with Crippen molar-refractivity contribution in [3.8, 4) is 0 Å². The molecule has 108 valence electrons. The van der Waals surface area contributed by atoms with Crippen LogP contribution in [0, 0.1) is 5.92 Å². The normalized spacial score (nSPS) is 18.6. The van der Waals surface area contributed by atoms with E-state index in [4.69, 9.17) is 16.3 Å². The fraction of sp³-hybridized carbons (Fsp3) is 0.800. The molecule has 1 aliphatic heterocycles. The second-order valence-corrected chi connectivity index (χ2v) is 5.99. The highest BCUT2D eigenvalue weighted by molar-refractivity contribution is 6.20. The van der Waals surface area contributed by atoms with Crippen LogP contribution in [0.15, 0.2) is 12.4 Å². The summed E-state index contributed by atoms with van der Waals surface area (Å²) in [7, 11) is 0. The summed E-state index contributed by atoms with van der Waals surface area (Å²) in [4.78, 5) is 0. The topological polar surface area (TPSA) is 27.1 Å². The molecule has 0 spiro atoms. The molecule has 1 aliphatic rings. The summed E-state index contributed by atoms with van der Waals surface area (Å²) in [6, 6.07) is 0. The highest BCUT2D eigenvalue weighted by atomic mass is 35.5. The largest absolute Gasteiger partial charge is 0.381 e. The summed E-state index contributed by atoms with van der Waals surface area (Å²) in [6.45, 7) is 5.03. The third-order valence-electron chi connectivity index (χ3n) is 3.96. The molecule has 1 aromatic rings. The first-order valence-electron chi connectivity index (χ1n) is 7.53. The van der Waals surface area contributed by atoms with Crippen molar-refractivity contribution in [3.05, 3.63) is 18.0 Å². The first-order chi connectivity index (χ1) is 9.29. The first-order valence-corrected chi connectivity index (χ1v) is 7.97. The molecule has 0 aliphatic carbocycles. The number of alkyl halides is 1. The number of rotatable bonds is 7. The number of unbranched alkanes of at least 4 members (excludes halogenated alkanes) is 1. The molecule has 0 aromatic carbocycles. The molecule has 3 nitrogen and oxygen atoms in total. The fourth-order valence-corrected chi connectivity index (χ4v) is 2.75. The molecule has 19 heavy (non-hydrogen) atoms. The average molecular weight is 285 g/mol. The summed E-state index contributed by atoms with van der Waals surface area (Å²) < 4.78 is 7.42. The number of ether oxygens (including phenoxy) is 1. The van der Waals surface area contributed by atoms with Crippen molar-refractivity contribution in [2.75, 3.05) is 13.2 Å². The van der Waals surface area contributed by atoms with E-state index in [2.05, 4.69) is 18.2 Å². The minimum Gasteiger partial charge on any atom is -0.381 e. The van der Waals surface area contributed by atoms with Crippen LogP contribution in [0.1, 0.15) is 56.4 Å². The van der Waals surface area contributed by atoms with Crippen molar-refractivity contribution in [2.24, 2.45) is 5.92 Å². The van der Waals surface area contributed by atoms with E-state index in [1.54, 1.807) is 0 Å². The molecule has 0 amide bonds. The SMILES string of the molecule is CCC(Cl)c1cnn(CCCCC2CCOCC2)c1. The molecule has 2 heterocycles. The highest BCUT2D eigenvalue weighted by Gasteiger charge is 2.13. The number of aromatic nitrogens is 2. The monoisotopic (exact) mass is 284 g/mol. The zero-order valence-electron chi connectivity index (χ0n) is 11.9. The molecule has 0 radical (unpaired) electrons. The van der Waals surface area contributed by atoms with Crippen LogP contribution in [0.2, 0.25) is 0 Å². The Kier molecular flexibility index (Phi) is 6.18. The molecule has 1 unspecified atom stereocenters. The van der Waals surface area contributed by atoms with Gasteiger partial charge in [-0.3, -0.25) is 4.68 Å². The van der Waals surface area contributed by atoms with Crippen molar-refractivity contribution < 1.29 is 4.74 Å². The van der Waals surface area contributed by atoms with Crippen LogP contribution in [0.3, 0.4) is 0 Å². The van der Waals surface area contributed by atoms with E-state index in [9.17, 15) is 0 Å². The molecule has 2 rings (SSSR count). The maximum atomic E-state index is 6.20. The van der Waals surface area contributed by atoms with Crippen LogP contribution in [0.4, 0.5) is 0 Å². The van der Waals surface area contributed by atoms with E-state index in [1.807, 2.05) is 10.9 Å². The van der Waals surface area contributed by atoms with Crippen LogP contribution in [0.5, 0.6) is 0 Å². The van der Waals surface area contributed by atoms with Gasteiger partial charge in [0.2, 0.25) is 0 Å². The Labute approximate surface area is 121 Å². The Bertz CT molecular complexity index is 361. The van der Waals surface area contributed by atoms with Crippen molar-refractivity contribution >= 4 is 11.6 Å². The van der Waals surface area contributed by atoms with Crippen molar-refractivity contribution in [2.45, 2.75) is 57.4 Å². The van der Waals surface area contributed by atoms with Gasteiger partial charge in [0, 0.05) is 31.5 Å². The zero-order chi connectivity index (χ0) is 13.5. The van der Waals surface area contributed by atoms with E-state index in [0.717, 1.165) is 37.7 Å². The van der Waals surface area contributed by atoms with E-state index < -0.39 is 0 Å². The van der Waals surface area contributed by atoms with E-state index in [0.29, 0.717) is 0 Å². The summed E-state index contributed by atoms with van der Waals surface area (Å²) in [5.41, 5.74) is 1.15. The van der Waals surface area contributed by atoms with Crippen molar-refractivity contribution in [1.82, 2.24) is 9.78 Å². The van der Waals surface area contributed by atoms with E-state index >= 15 is 0 Å². The maximum absolute atomic E-state index is 6.20. The van der Waals surface area contributed by atoms with E-state index in [-0.39, 0.29) is 5.38 Å². The molecule has 0 bridgehead atoms. The van der Waals surface area contributed by atoms with Gasteiger partial charge in [0.15, 0.2) is 0 Å². The minimum absolute atomic E-state index is 0.107. The molecule has 4 heteroatoms. The molecule has 0 saturated carbocycles. The Morgan fingerprint density at radius 2 is 2.21 bits per heavy atom. The van der Waals surface area contributed by atoms with Gasteiger partial charge in [-0.25, -0.2) is 0 Å². The van der Waals surface area contributed by atoms with Crippen molar-refractivity contribution in [1.29, 1.82) is 0 Å². The lowest BCUT2D eigenvalue weighted by atomic mass is 9.94. The summed E-state index contributed by atoms with van der Waals surface area (Å²) in [5.74, 6) is 0.884. The smallest absolute Gasteiger partial charge is 0.0613 e. The third-order valence-corrected chi connectivity index (χ3v) is 4.52. The Morgan fingerprint density at radius 3 is 2.95 bits per heavy atom. The number of hydrogen-bond acceptors (Lipinski definition) is 2. The van der Waals surface area contributed by atoms with Gasteiger partial charge in [-0.1, -0.05) is 19.8 Å². The van der Waals surface area contributed by atoms with Gasteiger partial charge in [-0.2, -0.15) is 5.10 Å². The van der Waals surface area contributed by atoms with Gasteiger partial charge < -0.3 is 4.74 Å². The lowest BCUT2D eigenvalue weighted by molar-refractivity contribution is 0.0630. The predicted molar refractivity (Wildman–Crippen MR) is 78.5 cm³/mol. The first kappa shape index (κ1) is 14.9. The second-order valence-electron chi connectivity index (χ2n) is 5.46. The zero-order valence-corrected chi connectivity index (χ0v) is 12.6. The summed E-state index contributed by atoms with van der Waals surface area (Å²) in [6.07, 6.45) is 11.3. The quantitative estimate of drug-likeness (QED) is 0.555. The van der Waals surface area contributed by atoms with E-state index in [1.165, 1.54) is 32.1 Å². The lowest BCUT2D eigenvalue weighted by Crippen LogP contribution is -2.15. The van der Waals surface area contributed by atoms with Crippen LogP contribution in [-0.4, -0.2) is 23.0 Å². The van der Waals surface area contributed by atoms with Crippen LogP contribution < -0.4 is 0 Å². The predicted octanol–water partition coefficient (Wildman–Crippen LogP) is 4.17. The maximum Gasteiger partial charge on any atom is 0.0613 e. The molecule has 1 fully saturated rings. The minimum atomic E-state index is 0.107. The summed E-state index contributed by atoms with van der Waals surface area (Å²) >= 11 is 6.20. The van der Waals surface area contributed by atoms with Crippen LogP contribution in [0.25, 0.3) is 0 Å². The second kappa shape index (κ2) is 7.91. The van der Waals surface area contributed by atoms with Crippen molar-refractivity contribution in [3.63, 3.8) is 0 Å². The summed E-state index contributed by atoms with van der Waals surface area (Å²) in [5, 5.41) is 4.49. The van der Waals surface area contributed by atoms with Crippen LogP contribution >= 0.6 is 11.6 Å². The molecule has 1 aromatic heterocycles. The highest BCUT2D eigenvalue weighted by Crippen LogP contribution is 2.23. The lowest BCUT2D eigenvalue weighted by Gasteiger charge is -2.21. The fourth-order valence-electron chi connectivity index (χ4n) is 2.64. The number of aryl methyl sites for hydroxylation is 1. The third kappa shape index (κ3) is 4.81. The van der Waals surface area contributed by atoms with Gasteiger partial charge in [0.05, 0.1) is 11.6 Å². The van der Waals surface area contributed by atoms with Gasteiger partial charge in [0.25, 0.3) is 0 Å². The van der Waals surface area contributed by atoms with Gasteiger partial charge in [0.1, 0.15) is 0 Å². The standard InChI is InChI=1S/C15H25ClN2O/c1-2-15(16)14-11-17-18(12-14)8-4-3-5-13-6-9-19-10-7-13/h11-13,15H,2-10H2,1H3. The molecular formula is C15H25ClN2O.